The van der Waals surface area contributed by atoms with Crippen molar-refractivity contribution in [3.8, 4) is 5.75 Å². The Balaban J connectivity index is 1.79. The van der Waals surface area contributed by atoms with Gasteiger partial charge in [-0.05, 0) is 23.8 Å². The van der Waals surface area contributed by atoms with Crippen molar-refractivity contribution in [1.29, 1.82) is 0 Å². The van der Waals surface area contributed by atoms with Crippen LogP contribution in [-0.2, 0) is 16.0 Å². The molecule has 9 heteroatoms. The van der Waals surface area contributed by atoms with E-state index in [-0.39, 0.29) is 6.42 Å². The monoisotopic (exact) mass is 370 g/mol. The van der Waals surface area contributed by atoms with Crippen molar-refractivity contribution in [2.75, 3.05) is 20.2 Å². The molecule has 2 heterocycles. The summed E-state index contributed by atoms with van der Waals surface area (Å²) in [5.41, 5.74) is 1.39. The van der Waals surface area contributed by atoms with E-state index in [0.29, 0.717) is 11.3 Å². The molecular weight excluding hydrogens is 353 g/mol. The first kappa shape index (κ1) is 18.1. The molecule has 0 radical (unpaired) electrons. The van der Waals surface area contributed by atoms with Gasteiger partial charge in [-0.15, -0.1) is 0 Å². The predicted molar refractivity (Wildman–Crippen MR) is 85.8 cm³/mol. The zero-order valence-electron chi connectivity index (χ0n) is 13.8. The smallest absolute Gasteiger partial charge is 0.394 e. The maximum absolute atomic E-state index is 13.1. The van der Waals surface area contributed by atoms with Gasteiger partial charge in [-0.2, -0.15) is 13.2 Å². The lowest BCUT2D eigenvalue weighted by atomic mass is 9.96. The van der Waals surface area contributed by atoms with Crippen LogP contribution in [0, 0.1) is 11.8 Å². The third kappa shape index (κ3) is 3.33. The fourth-order valence-corrected chi connectivity index (χ4v) is 3.29. The predicted octanol–water partition coefficient (Wildman–Crippen LogP) is 2.44. The zero-order chi connectivity index (χ0) is 19.1. The Morgan fingerprint density at radius 2 is 2.08 bits per heavy atom. The maximum Gasteiger partial charge on any atom is 0.394 e. The number of alkyl halides is 3. The number of ether oxygens (including phenoxy) is 1. The standard InChI is InChI=1S/C17H17F3N2O4/c1-26-10-2-3-14-11(5-10)9(6-21-14)4-15(23)22-7-12(16(24)25)13(8-22)17(18,19)20/h2-3,5-6,12-13,21H,4,7-8H2,1H3,(H,24,25)/t12-,13-/m1/s1. The van der Waals surface area contributed by atoms with Crippen LogP contribution in [0.15, 0.2) is 24.4 Å². The number of carboxylic acid groups (broad SMARTS) is 1. The Morgan fingerprint density at radius 1 is 1.35 bits per heavy atom. The highest BCUT2D eigenvalue weighted by Crippen LogP contribution is 2.38. The van der Waals surface area contributed by atoms with Gasteiger partial charge in [0.2, 0.25) is 5.91 Å². The minimum Gasteiger partial charge on any atom is -0.497 e. The number of carbonyl (C=O) groups excluding carboxylic acids is 1. The summed E-state index contributed by atoms with van der Waals surface area (Å²) in [7, 11) is 1.51. The fraction of sp³-hybridized carbons (Fsp3) is 0.412. The van der Waals surface area contributed by atoms with Gasteiger partial charge in [0, 0.05) is 30.2 Å². The number of carbonyl (C=O) groups is 2. The lowest BCUT2D eigenvalue weighted by Crippen LogP contribution is -2.34. The van der Waals surface area contributed by atoms with E-state index >= 15 is 0 Å². The van der Waals surface area contributed by atoms with Crippen LogP contribution in [0.1, 0.15) is 5.56 Å². The lowest BCUT2D eigenvalue weighted by molar-refractivity contribution is -0.188. The van der Waals surface area contributed by atoms with Crippen molar-refractivity contribution in [3.05, 3.63) is 30.0 Å². The number of H-pyrrole nitrogens is 1. The molecule has 1 amide bonds. The van der Waals surface area contributed by atoms with Crippen molar-refractivity contribution in [1.82, 2.24) is 9.88 Å². The Kier molecular flexibility index (Phi) is 4.55. The van der Waals surface area contributed by atoms with Crippen molar-refractivity contribution < 1.29 is 32.6 Å². The molecule has 2 aromatic rings. The minimum absolute atomic E-state index is 0.121. The van der Waals surface area contributed by atoms with Crippen LogP contribution in [0.25, 0.3) is 10.9 Å². The Labute approximate surface area is 146 Å². The van der Waals surface area contributed by atoms with Crippen LogP contribution in [-0.4, -0.2) is 53.2 Å². The SMILES string of the molecule is COc1ccc2[nH]cc(CC(=O)N3C[C@@H](C(F)(F)F)[C@H](C(=O)O)C3)c2c1. The summed E-state index contributed by atoms with van der Waals surface area (Å²) in [6, 6.07) is 5.26. The molecular formula is C17H17F3N2O4. The summed E-state index contributed by atoms with van der Waals surface area (Å²) in [5.74, 6) is -5.17. The molecule has 26 heavy (non-hydrogen) atoms. The number of aromatic amines is 1. The number of nitrogens with one attached hydrogen (secondary N) is 1. The molecule has 1 aliphatic heterocycles. The highest BCUT2D eigenvalue weighted by molar-refractivity contribution is 5.90. The van der Waals surface area contributed by atoms with E-state index in [0.717, 1.165) is 15.8 Å². The quantitative estimate of drug-likeness (QED) is 0.866. The van der Waals surface area contributed by atoms with Gasteiger partial charge in [-0.25, -0.2) is 0 Å². The molecule has 0 saturated carbocycles. The average Bonchev–Trinajstić information content (AvgIpc) is 3.19. The Morgan fingerprint density at radius 3 is 2.65 bits per heavy atom. The average molecular weight is 370 g/mol. The highest BCUT2D eigenvalue weighted by atomic mass is 19.4. The molecule has 0 spiro atoms. The van der Waals surface area contributed by atoms with Crippen LogP contribution in [0.4, 0.5) is 13.2 Å². The number of hydrogen-bond acceptors (Lipinski definition) is 3. The first-order valence-corrected chi connectivity index (χ1v) is 7.92. The van der Waals surface area contributed by atoms with E-state index in [2.05, 4.69) is 4.98 Å². The van der Waals surface area contributed by atoms with Crippen molar-refractivity contribution in [2.24, 2.45) is 11.8 Å². The number of aliphatic carboxylic acids is 1. The molecule has 0 aliphatic carbocycles. The van der Waals surface area contributed by atoms with Gasteiger partial charge >= 0.3 is 12.1 Å². The molecule has 1 aromatic heterocycles. The van der Waals surface area contributed by atoms with Gasteiger partial charge in [-0.1, -0.05) is 0 Å². The topological polar surface area (TPSA) is 82.6 Å². The van der Waals surface area contributed by atoms with Crippen LogP contribution in [0.2, 0.25) is 0 Å². The van der Waals surface area contributed by atoms with Gasteiger partial charge in [0.25, 0.3) is 0 Å². The molecule has 2 atom stereocenters. The highest BCUT2D eigenvalue weighted by Gasteiger charge is 2.53. The summed E-state index contributed by atoms with van der Waals surface area (Å²) in [6.45, 7) is -1.07. The lowest BCUT2D eigenvalue weighted by Gasteiger charge is -2.18. The molecule has 1 aliphatic rings. The van der Waals surface area contributed by atoms with Crippen molar-refractivity contribution in [3.63, 3.8) is 0 Å². The third-order valence-electron chi connectivity index (χ3n) is 4.73. The Hall–Kier alpha value is -2.71. The summed E-state index contributed by atoms with van der Waals surface area (Å²) in [6.07, 6.45) is -3.16. The number of halogens is 3. The number of rotatable bonds is 4. The van der Waals surface area contributed by atoms with Crippen LogP contribution >= 0.6 is 0 Å². The number of aromatic nitrogens is 1. The first-order valence-electron chi connectivity index (χ1n) is 7.92. The summed E-state index contributed by atoms with van der Waals surface area (Å²) in [4.78, 5) is 27.6. The van der Waals surface area contributed by atoms with E-state index < -0.39 is 43.0 Å². The second kappa shape index (κ2) is 6.54. The molecule has 3 rings (SSSR count). The van der Waals surface area contributed by atoms with Gasteiger partial charge in [-0.3, -0.25) is 9.59 Å². The fourth-order valence-electron chi connectivity index (χ4n) is 3.29. The van der Waals surface area contributed by atoms with Gasteiger partial charge < -0.3 is 19.7 Å². The second-order valence-electron chi connectivity index (χ2n) is 6.29. The number of methoxy groups -OCH3 is 1. The van der Waals surface area contributed by atoms with E-state index in [9.17, 15) is 22.8 Å². The van der Waals surface area contributed by atoms with Crippen LogP contribution < -0.4 is 4.74 Å². The van der Waals surface area contributed by atoms with E-state index in [1.165, 1.54) is 7.11 Å². The molecule has 1 aromatic carbocycles. The maximum atomic E-state index is 13.1. The number of fused-ring (bicyclic) bond motifs is 1. The molecule has 0 unspecified atom stereocenters. The molecule has 1 saturated heterocycles. The molecule has 6 nitrogen and oxygen atoms in total. The zero-order valence-corrected chi connectivity index (χ0v) is 13.8. The third-order valence-corrected chi connectivity index (χ3v) is 4.73. The van der Waals surface area contributed by atoms with E-state index in [1.807, 2.05) is 0 Å². The summed E-state index contributed by atoms with van der Waals surface area (Å²) >= 11 is 0. The largest absolute Gasteiger partial charge is 0.497 e. The number of benzene rings is 1. The molecule has 0 bridgehead atoms. The minimum atomic E-state index is -4.66. The first-order chi connectivity index (χ1) is 12.2. The normalized spacial score (nSPS) is 20.5. The number of carboxylic acids is 1. The van der Waals surface area contributed by atoms with Crippen molar-refractivity contribution in [2.45, 2.75) is 12.6 Å². The van der Waals surface area contributed by atoms with Crippen LogP contribution in [0.5, 0.6) is 5.75 Å². The van der Waals surface area contributed by atoms with Gasteiger partial charge in [0.15, 0.2) is 0 Å². The molecule has 140 valence electrons. The number of likely N-dealkylation sites (tertiary alicyclic amines) is 1. The van der Waals surface area contributed by atoms with E-state index in [4.69, 9.17) is 9.84 Å². The summed E-state index contributed by atoms with van der Waals surface area (Å²) < 4.78 is 44.3. The molecule has 2 N–H and O–H groups in total. The number of amides is 1. The summed E-state index contributed by atoms with van der Waals surface area (Å²) in [5, 5.41) is 9.78. The number of hydrogen-bond donors (Lipinski definition) is 2. The van der Waals surface area contributed by atoms with Gasteiger partial charge in [0.1, 0.15) is 5.75 Å². The van der Waals surface area contributed by atoms with Crippen LogP contribution in [0.3, 0.4) is 0 Å². The molecule has 1 fully saturated rings. The second-order valence-corrected chi connectivity index (χ2v) is 6.29. The number of nitrogens with zero attached hydrogens (tertiary/aromatic N) is 1. The van der Waals surface area contributed by atoms with Crippen molar-refractivity contribution >= 4 is 22.8 Å². The van der Waals surface area contributed by atoms with E-state index in [1.54, 1.807) is 24.4 Å². The van der Waals surface area contributed by atoms with Gasteiger partial charge in [0.05, 0.1) is 25.4 Å². The Bertz CT molecular complexity index is 846.